The lowest BCUT2D eigenvalue weighted by atomic mass is 10.0. The summed E-state index contributed by atoms with van der Waals surface area (Å²) in [5.74, 6) is -0.107. The maximum absolute atomic E-state index is 11.8. The summed E-state index contributed by atoms with van der Waals surface area (Å²) in [7, 11) is 0. The lowest BCUT2D eigenvalue weighted by Gasteiger charge is -2.23. The van der Waals surface area contributed by atoms with Gasteiger partial charge in [0.15, 0.2) is 0 Å². The van der Waals surface area contributed by atoms with Crippen molar-refractivity contribution in [2.24, 2.45) is 0 Å². The average molecular weight is 240 g/mol. The number of carbonyl (C=O) groups excluding carboxylic acids is 1. The third kappa shape index (κ3) is 2.36. The number of thiophene rings is 1. The number of hydrogen-bond donors (Lipinski definition) is 2. The monoisotopic (exact) mass is 240 g/mol. The molecule has 1 saturated heterocycles. The van der Waals surface area contributed by atoms with Crippen LogP contribution in [0.3, 0.4) is 0 Å². The molecule has 2 rings (SSSR count). The molecule has 0 spiro atoms. The van der Waals surface area contributed by atoms with E-state index < -0.39 is 0 Å². The van der Waals surface area contributed by atoms with Crippen LogP contribution in [0.15, 0.2) is 11.4 Å². The molecule has 0 aromatic carbocycles. The number of anilines is 1. The average Bonchev–Trinajstić information content (AvgIpc) is 2.85. The quantitative estimate of drug-likeness (QED) is 0.844. The van der Waals surface area contributed by atoms with E-state index in [9.17, 15) is 4.79 Å². The van der Waals surface area contributed by atoms with Crippen LogP contribution in [-0.4, -0.2) is 24.7 Å². The van der Waals surface area contributed by atoms with E-state index in [-0.39, 0.29) is 11.5 Å². The Bertz CT molecular complexity index is 383. The predicted octanol–water partition coefficient (Wildman–Crippen LogP) is 1.63. The molecule has 0 radical (unpaired) electrons. The molecule has 1 fully saturated rings. The molecule has 4 nitrogen and oxygen atoms in total. The van der Waals surface area contributed by atoms with Crippen molar-refractivity contribution in [3.05, 3.63) is 16.3 Å². The van der Waals surface area contributed by atoms with E-state index in [1.807, 2.05) is 12.3 Å². The Labute approximate surface area is 98.8 Å². The summed E-state index contributed by atoms with van der Waals surface area (Å²) in [6, 6.07) is 1.74. The molecular formula is C11H16N2O2S. The van der Waals surface area contributed by atoms with E-state index >= 15 is 0 Å². The smallest absolute Gasteiger partial charge is 0.263 e. The summed E-state index contributed by atoms with van der Waals surface area (Å²) in [6.07, 6.45) is 2.06. The topological polar surface area (TPSA) is 64.4 Å². The van der Waals surface area contributed by atoms with Crippen molar-refractivity contribution < 1.29 is 9.53 Å². The fourth-order valence-corrected chi connectivity index (χ4v) is 2.56. The minimum atomic E-state index is -0.207. The van der Waals surface area contributed by atoms with Gasteiger partial charge >= 0.3 is 0 Å². The highest BCUT2D eigenvalue weighted by atomic mass is 32.1. The number of amides is 1. The molecule has 0 saturated carbocycles. The molecular weight excluding hydrogens is 224 g/mol. The first-order valence-corrected chi connectivity index (χ1v) is 6.24. The largest absolute Gasteiger partial charge is 0.397 e. The van der Waals surface area contributed by atoms with Gasteiger partial charge in [0.05, 0.1) is 11.3 Å². The lowest BCUT2D eigenvalue weighted by Crippen LogP contribution is -2.40. The number of nitrogens with one attached hydrogen (secondary N) is 1. The van der Waals surface area contributed by atoms with Gasteiger partial charge in [-0.2, -0.15) is 0 Å². The van der Waals surface area contributed by atoms with Crippen molar-refractivity contribution in [3.8, 4) is 0 Å². The molecule has 1 amide bonds. The van der Waals surface area contributed by atoms with Gasteiger partial charge in [0, 0.05) is 13.2 Å². The summed E-state index contributed by atoms with van der Waals surface area (Å²) < 4.78 is 5.60. The number of rotatable bonds is 3. The molecule has 0 aliphatic carbocycles. The van der Waals surface area contributed by atoms with E-state index in [0.29, 0.717) is 17.1 Å². The van der Waals surface area contributed by atoms with Crippen molar-refractivity contribution >= 4 is 22.9 Å². The SMILES string of the molecule is CC1(CNC(=O)c2sccc2N)CCCO1. The Morgan fingerprint density at radius 1 is 1.75 bits per heavy atom. The molecule has 1 aromatic heterocycles. The predicted molar refractivity (Wildman–Crippen MR) is 64.7 cm³/mol. The van der Waals surface area contributed by atoms with Crippen molar-refractivity contribution in [1.82, 2.24) is 5.32 Å². The standard InChI is InChI=1S/C11H16N2O2S/c1-11(4-2-5-15-11)7-13-10(14)9-8(12)3-6-16-9/h3,6H,2,4-5,7,12H2,1H3,(H,13,14). The second-order valence-electron chi connectivity index (χ2n) is 4.29. The van der Waals surface area contributed by atoms with E-state index in [4.69, 9.17) is 10.5 Å². The molecule has 0 bridgehead atoms. The van der Waals surface area contributed by atoms with Crippen molar-refractivity contribution in [3.63, 3.8) is 0 Å². The molecule has 88 valence electrons. The van der Waals surface area contributed by atoms with Gasteiger partial charge in [-0.3, -0.25) is 4.79 Å². The lowest BCUT2D eigenvalue weighted by molar-refractivity contribution is 0.0206. The highest BCUT2D eigenvalue weighted by Crippen LogP contribution is 2.24. The Hall–Kier alpha value is -1.07. The Morgan fingerprint density at radius 2 is 2.56 bits per heavy atom. The van der Waals surface area contributed by atoms with Crippen LogP contribution in [0.5, 0.6) is 0 Å². The van der Waals surface area contributed by atoms with Gasteiger partial charge in [-0.25, -0.2) is 0 Å². The first-order chi connectivity index (χ1) is 7.61. The summed E-state index contributed by atoms with van der Waals surface area (Å²) >= 11 is 1.36. The van der Waals surface area contributed by atoms with Gasteiger partial charge < -0.3 is 15.8 Å². The van der Waals surface area contributed by atoms with Crippen LogP contribution in [0.4, 0.5) is 5.69 Å². The van der Waals surface area contributed by atoms with E-state index in [0.717, 1.165) is 19.4 Å². The zero-order chi connectivity index (χ0) is 11.6. The molecule has 1 aromatic rings. The molecule has 3 N–H and O–H groups in total. The number of nitrogen functional groups attached to an aromatic ring is 1. The summed E-state index contributed by atoms with van der Waals surface area (Å²) in [5.41, 5.74) is 6.01. The van der Waals surface area contributed by atoms with Gasteiger partial charge in [0.2, 0.25) is 0 Å². The summed E-state index contributed by atoms with van der Waals surface area (Å²) in [6.45, 7) is 3.36. The second-order valence-corrected chi connectivity index (χ2v) is 5.21. The Morgan fingerprint density at radius 3 is 3.12 bits per heavy atom. The Balaban J connectivity index is 1.91. The molecule has 16 heavy (non-hydrogen) atoms. The normalized spacial score (nSPS) is 24.6. The van der Waals surface area contributed by atoms with Crippen LogP contribution in [-0.2, 0) is 4.74 Å². The third-order valence-corrected chi connectivity index (χ3v) is 3.75. The highest BCUT2D eigenvalue weighted by molar-refractivity contribution is 7.12. The van der Waals surface area contributed by atoms with Crippen molar-refractivity contribution in [2.75, 3.05) is 18.9 Å². The van der Waals surface area contributed by atoms with Gasteiger partial charge in [-0.15, -0.1) is 11.3 Å². The van der Waals surface area contributed by atoms with E-state index in [1.54, 1.807) is 6.07 Å². The molecule has 2 heterocycles. The number of nitrogens with two attached hydrogens (primary N) is 1. The van der Waals surface area contributed by atoms with Crippen LogP contribution in [0, 0.1) is 0 Å². The number of carbonyl (C=O) groups is 1. The fourth-order valence-electron chi connectivity index (χ4n) is 1.83. The summed E-state index contributed by atoms with van der Waals surface area (Å²) in [5, 5.41) is 4.69. The van der Waals surface area contributed by atoms with Crippen molar-refractivity contribution in [2.45, 2.75) is 25.4 Å². The van der Waals surface area contributed by atoms with Gasteiger partial charge in [-0.05, 0) is 31.2 Å². The molecule has 1 atom stereocenters. The van der Waals surface area contributed by atoms with Crippen LogP contribution >= 0.6 is 11.3 Å². The zero-order valence-corrected chi connectivity index (χ0v) is 10.1. The van der Waals surface area contributed by atoms with Crippen LogP contribution in [0.1, 0.15) is 29.4 Å². The van der Waals surface area contributed by atoms with Crippen LogP contribution in [0.2, 0.25) is 0 Å². The van der Waals surface area contributed by atoms with Gasteiger partial charge in [0.25, 0.3) is 5.91 Å². The minimum absolute atomic E-state index is 0.107. The molecule has 1 unspecified atom stereocenters. The third-order valence-electron chi connectivity index (χ3n) is 2.83. The number of ether oxygens (including phenoxy) is 1. The maximum Gasteiger partial charge on any atom is 0.263 e. The van der Waals surface area contributed by atoms with Crippen LogP contribution < -0.4 is 11.1 Å². The molecule has 1 aliphatic rings. The number of hydrogen-bond acceptors (Lipinski definition) is 4. The molecule has 5 heteroatoms. The van der Waals surface area contributed by atoms with Gasteiger partial charge in [-0.1, -0.05) is 0 Å². The maximum atomic E-state index is 11.8. The van der Waals surface area contributed by atoms with Gasteiger partial charge in [0.1, 0.15) is 4.88 Å². The Kier molecular flexibility index (Phi) is 3.16. The molecule has 1 aliphatic heterocycles. The first kappa shape index (κ1) is 11.4. The zero-order valence-electron chi connectivity index (χ0n) is 9.29. The van der Waals surface area contributed by atoms with Crippen LogP contribution in [0.25, 0.3) is 0 Å². The highest BCUT2D eigenvalue weighted by Gasteiger charge is 2.30. The van der Waals surface area contributed by atoms with E-state index in [2.05, 4.69) is 5.32 Å². The van der Waals surface area contributed by atoms with Crippen molar-refractivity contribution in [1.29, 1.82) is 0 Å². The fraction of sp³-hybridized carbons (Fsp3) is 0.545. The first-order valence-electron chi connectivity index (χ1n) is 5.36. The summed E-state index contributed by atoms with van der Waals surface area (Å²) in [4.78, 5) is 12.4. The van der Waals surface area contributed by atoms with E-state index in [1.165, 1.54) is 11.3 Å². The minimum Gasteiger partial charge on any atom is -0.397 e. The second kappa shape index (κ2) is 4.43.